The first-order valence-electron chi connectivity index (χ1n) is 15.5. The highest BCUT2D eigenvalue weighted by atomic mass is 35.5. The van der Waals surface area contributed by atoms with Gasteiger partial charge in [0.15, 0.2) is 16.6 Å². The van der Waals surface area contributed by atoms with Crippen molar-refractivity contribution in [3.8, 4) is 22.4 Å². The molecule has 12 heteroatoms. The molecule has 0 aliphatic heterocycles. The largest absolute Gasteiger partial charge is 0.318 e. The number of aromatic nitrogens is 5. The van der Waals surface area contributed by atoms with Crippen LogP contribution in [0.3, 0.4) is 0 Å². The van der Waals surface area contributed by atoms with Gasteiger partial charge in [0.1, 0.15) is 24.2 Å². The second kappa shape index (κ2) is 13.1. The first-order chi connectivity index (χ1) is 23.6. The van der Waals surface area contributed by atoms with Crippen LogP contribution in [0.2, 0.25) is 10.0 Å². The highest BCUT2D eigenvalue weighted by molar-refractivity contribution is 7.16. The minimum atomic E-state index is -0.215. The molecule has 8 rings (SSSR count). The van der Waals surface area contributed by atoms with Crippen molar-refractivity contribution in [2.75, 3.05) is 5.32 Å². The quantitative estimate of drug-likeness (QED) is 0.218. The van der Waals surface area contributed by atoms with E-state index in [4.69, 9.17) is 23.2 Å². The third-order valence-corrected chi connectivity index (χ3v) is 10.3. The summed E-state index contributed by atoms with van der Waals surface area (Å²) in [7, 11) is 0. The minimum Gasteiger partial charge on any atom is -0.318 e. The standard InChI is InChI=1S/C20H16O2.C17H12Cl2N6OS/c1-11-9-17-13(12(2)20(11)22)7-8-15-14-5-3-4-6-16(14)19(21)10-18(15)17;1-9-15(10-2-3-11(18)12(19)4-10)24-17(27-9)23-14(26)6-25-8-22-16-13(25)5-20-7-21-16/h3-12H,1-2H3;2-5,7-8H,6H2,1H3,(H,23,24,26). The number of nitrogens with one attached hydrogen (secondary N) is 1. The Morgan fingerprint density at radius 2 is 1.76 bits per heavy atom. The number of benzene rings is 3. The van der Waals surface area contributed by atoms with E-state index in [9.17, 15) is 14.4 Å². The molecule has 3 aromatic heterocycles. The van der Waals surface area contributed by atoms with Crippen molar-refractivity contribution in [1.82, 2.24) is 24.5 Å². The number of thiazole rings is 1. The lowest BCUT2D eigenvalue weighted by Crippen LogP contribution is -2.40. The Morgan fingerprint density at radius 1 is 0.959 bits per heavy atom. The van der Waals surface area contributed by atoms with Gasteiger partial charge in [-0.25, -0.2) is 19.9 Å². The molecule has 244 valence electrons. The minimum absolute atomic E-state index is 0.0436. The first kappa shape index (κ1) is 32.5. The maximum atomic E-state index is 12.4. The number of rotatable bonds is 4. The molecule has 0 saturated carbocycles. The third kappa shape index (κ3) is 6.19. The monoisotopic (exact) mass is 706 g/mol. The number of hydrogen-bond acceptors (Lipinski definition) is 8. The lowest BCUT2D eigenvalue weighted by atomic mass is 9.79. The second-order valence-electron chi connectivity index (χ2n) is 11.9. The van der Waals surface area contributed by atoms with Crippen LogP contribution in [0.1, 0.15) is 40.6 Å². The van der Waals surface area contributed by atoms with Crippen LogP contribution in [0.4, 0.5) is 5.13 Å². The number of amides is 1. The average Bonchev–Trinajstić information content (AvgIpc) is 3.67. The molecular formula is C37H28Cl2N6O3S. The van der Waals surface area contributed by atoms with E-state index in [-0.39, 0.29) is 35.9 Å². The molecule has 0 spiro atoms. The summed E-state index contributed by atoms with van der Waals surface area (Å²) in [6, 6.07) is 17.1. The predicted molar refractivity (Wildman–Crippen MR) is 193 cm³/mol. The van der Waals surface area contributed by atoms with Gasteiger partial charge < -0.3 is 9.88 Å². The van der Waals surface area contributed by atoms with Crippen molar-refractivity contribution in [3.63, 3.8) is 0 Å². The topological polar surface area (TPSA) is 120 Å². The van der Waals surface area contributed by atoms with Gasteiger partial charge in [-0.15, -0.1) is 11.3 Å². The normalized spacial score (nSPS) is 16.0. The highest BCUT2D eigenvalue weighted by Gasteiger charge is 2.27. The fourth-order valence-electron chi connectivity index (χ4n) is 6.23. The Kier molecular flexibility index (Phi) is 8.70. The summed E-state index contributed by atoms with van der Waals surface area (Å²) in [5.74, 6) is -0.139. The van der Waals surface area contributed by atoms with Gasteiger partial charge in [0, 0.05) is 27.8 Å². The number of nitrogens with zero attached hydrogens (tertiary/aromatic N) is 5. The Morgan fingerprint density at radius 3 is 2.55 bits per heavy atom. The Bertz CT molecular complexity index is 2450. The second-order valence-corrected chi connectivity index (χ2v) is 13.9. The van der Waals surface area contributed by atoms with Crippen LogP contribution < -0.4 is 15.8 Å². The number of imidazole rings is 1. The van der Waals surface area contributed by atoms with E-state index in [2.05, 4.69) is 25.3 Å². The number of fused-ring (bicyclic) bond motifs is 6. The van der Waals surface area contributed by atoms with Crippen LogP contribution in [0, 0.1) is 12.8 Å². The molecule has 9 nitrogen and oxygen atoms in total. The Balaban J connectivity index is 0.000000157. The molecular weight excluding hydrogens is 679 g/mol. The van der Waals surface area contributed by atoms with Gasteiger partial charge in [-0.1, -0.05) is 85.6 Å². The van der Waals surface area contributed by atoms with Gasteiger partial charge in [-0.2, -0.15) is 0 Å². The van der Waals surface area contributed by atoms with Gasteiger partial charge >= 0.3 is 0 Å². The zero-order valence-electron chi connectivity index (χ0n) is 26.6. The van der Waals surface area contributed by atoms with Gasteiger partial charge in [-0.3, -0.25) is 14.4 Å². The molecule has 49 heavy (non-hydrogen) atoms. The third-order valence-electron chi connectivity index (χ3n) is 8.69. The molecule has 0 fully saturated rings. The van der Waals surface area contributed by atoms with E-state index in [0.29, 0.717) is 26.3 Å². The van der Waals surface area contributed by atoms with Gasteiger partial charge in [0.05, 0.1) is 28.3 Å². The van der Waals surface area contributed by atoms with E-state index >= 15 is 0 Å². The number of aryl methyl sites for hydroxylation is 1. The molecule has 1 amide bonds. The van der Waals surface area contributed by atoms with Crippen molar-refractivity contribution in [2.24, 2.45) is 5.92 Å². The van der Waals surface area contributed by atoms with Crippen LogP contribution in [0.25, 0.3) is 45.7 Å². The summed E-state index contributed by atoms with van der Waals surface area (Å²) in [6.45, 7) is 5.91. The molecule has 2 atom stereocenters. The van der Waals surface area contributed by atoms with E-state index in [1.165, 1.54) is 17.7 Å². The summed E-state index contributed by atoms with van der Waals surface area (Å²) in [5.41, 5.74) is 6.70. The van der Waals surface area contributed by atoms with Crippen LogP contribution in [0.15, 0.2) is 73.4 Å². The molecule has 0 saturated heterocycles. The number of Topliss-reactive ketones (excluding diaryl/α,β-unsaturated/α-hetero) is 2. The van der Waals surface area contributed by atoms with E-state index in [1.54, 1.807) is 35.3 Å². The molecule has 0 bridgehead atoms. The highest BCUT2D eigenvalue weighted by Crippen LogP contribution is 2.34. The summed E-state index contributed by atoms with van der Waals surface area (Å²) in [6.07, 6.45) is 8.34. The van der Waals surface area contributed by atoms with E-state index in [0.717, 1.165) is 48.8 Å². The van der Waals surface area contributed by atoms with Crippen LogP contribution >= 0.6 is 34.5 Å². The molecule has 3 heterocycles. The number of carbonyl (C=O) groups is 3. The van der Waals surface area contributed by atoms with Crippen LogP contribution in [0.5, 0.6) is 0 Å². The SMILES string of the molecule is CC1C=c2c(ccc3c2=CC(=O)c2ccccc2-3)C(C)C1=O.Cc1sc(NC(=O)Cn2cnc3ncncc32)nc1-c1ccc(Cl)c(Cl)c1. The maximum Gasteiger partial charge on any atom is 0.246 e. The fourth-order valence-corrected chi connectivity index (χ4v) is 7.38. The molecule has 3 aromatic carbocycles. The van der Waals surface area contributed by atoms with Crippen molar-refractivity contribution in [2.45, 2.75) is 33.2 Å². The summed E-state index contributed by atoms with van der Waals surface area (Å²) < 4.78 is 1.69. The molecule has 2 aliphatic carbocycles. The number of carbonyl (C=O) groups excluding carboxylic acids is 3. The van der Waals surface area contributed by atoms with E-state index in [1.807, 2.05) is 69.3 Å². The van der Waals surface area contributed by atoms with Gasteiger partial charge in [0.2, 0.25) is 5.91 Å². The Hall–Kier alpha value is -5.03. The zero-order valence-corrected chi connectivity index (χ0v) is 28.9. The molecule has 0 radical (unpaired) electrons. The zero-order chi connectivity index (χ0) is 34.4. The number of ketones is 2. The van der Waals surface area contributed by atoms with Crippen LogP contribution in [-0.4, -0.2) is 42.0 Å². The molecule has 6 aromatic rings. The maximum absolute atomic E-state index is 12.4. The smallest absolute Gasteiger partial charge is 0.246 e. The molecule has 2 aliphatic rings. The number of hydrogen-bond donors (Lipinski definition) is 1. The van der Waals surface area contributed by atoms with Crippen LogP contribution in [-0.2, 0) is 16.1 Å². The van der Waals surface area contributed by atoms with Crippen molar-refractivity contribution < 1.29 is 14.4 Å². The van der Waals surface area contributed by atoms with E-state index < -0.39 is 0 Å². The lowest BCUT2D eigenvalue weighted by Gasteiger charge is -2.23. The van der Waals surface area contributed by atoms with Gasteiger partial charge in [-0.05, 0) is 52.3 Å². The van der Waals surface area contributed by atoms with Crippen molar-refractivity contribution >= 4 is 80.5 Å². The lowest BCUT2D eigenvalue weighted by molar-refractivity contribution is -0.122. The first-order valence-corrected chi connectivity index (χ1v) is 17.0. The van der Waals surface area contributed by atoms with Crippen molar-refractivity contribution in [1.29, 1.82) is 0 Å². The number of halogens is 2. The predicted octanol–water partition coefficient (Wildman–Crippen LogP) is 6.64. The summed E-state index contributed by atoms with van der Waals surface area (Å²) in [5, 5.41) is 6.30. The molecule has 1 N–H and O–H groups in total. The molecule has 2 unspecified atom stereocenters. The van der Waals surface area contributed by atoms with Crippen molar-refractivity contribution in [3.05, 3.63) is 110 Å². The Labute approximate surface area is 295 Å². The summed E-state index contributed by atoms with van der Waals surface area (Å²) >= 11 is 13.5. The summed E-state index contributed by atoms with van der Waals surface area (Å²) in [4.78, 5) is 54.7. The number of anilines is 1. The fraction of sp³-hybridized carbons (Fsp3) is 0.162. The van der Waals surface area contributed by atoms with Gasteiger partial charge in [0.25, 0.3) is 0 Å². The average molecular weight is 708 g/mol.